The molecule has 0 spiro atoms. The molecule has 0 bridgehead atoms. The lowest BCUT2D eigenvalue weighted by molar-refractivity contribution is -0.117. The Balaban J connectivity index is 1.98. The van der Waals surface area contributed by atoms with Crippen LogP contribution >= 0.6 is 11.6 Å². The second-order valence-corrected chi connectivity index (χ2v) is 6.07. The van der Waals surface area contributed by atoms with Crippen molar-refractivity contribution in [2.24, 2.45) is 0 Å². The second-order valence-electron chi connectivity index (χ2n) is 5.63. The zero-order valence-electron chi connectivity index (χ0n) is 14.3. The second kappa shape index (κ2) is 9.20. The van der Waals surface area contributed by atoms with Crippen molar-refractivity contribution in [3.05, 3.63) is 64.7 Å². The van der Waals surface area contributed by atoms with Crippen molar-refractivity contribution in [3.63, 3.8) is 0 Å². The molecule has 2 aromatic carbocycles. The number of anilines is 1. The summed E-state index contributed by atoms with van der Waals surface area (Å²) in [6.07, 6.45) is 0. The van der Waals surface area contributed by atoms with Crippen molar-refractivity contribution in [1.29, 1.82) is 0 Å². The number of hydrogen-bond donors (Lipinski definition) is 3. The minimum Gasteiger partial charge on any atom is -0.341 e. The molecule has 5 nitrogen and oxygen atoms in total. The van der Waals surface area contributed by atoms with Crippen LogP contribution in [0.2, 0.25) is 5.02 Å². The number of amides is 2. The summed E-state index contributed by atoms with van der Waals surface area (Å²) in [6.45, 7) is 5.18. The van der Waals surface area contributed by atoms with Crippen LogP contribution in [-0.2, 0) is 11.3 Å². The van der Waals surface area contributed by atoms with E-state index in [-0.39, 0.29) is 11.8 Å². The lowest BCUT2D eigenvalue weighted by Crippen LogP contribution is -2.41. The molecule has 0 saturated carbocycles. The maximum Gasteiger partial charge on any atom is 0.251 e. The van der Waals surface area contributed by atoms with Crippen LogP contribution < -0.4 is 16.0 Å². The van der Waals surface area contributed by atoms with Crippen LogP contribution in [0.1, 0.15) is 29.8 Å². The number of rotatable bonds is 7. The highest BCUT2D eigenvalue weighted by atomic mass is 35.5. The summed E-state index contributed by atoms with van der Waals surface area (Å²) in [5, 5.41) is 9.35. The van der Waals surface area contributed by atoms with Gasteiger partial charge < -0.3 is 16.0 Å². The summed E-state index contributed by atoms with van der Waals surface area (Å²) in [5.41, 5.74) is 2.19. The third kappa shape index (κ3) is 5.59. The van der Waals surface area contributed by atoms with Crippen LogP contribution in [0.3, 0.4) is 0 Å². The van der Waals surface area contributed by atoms with Gasteiger partial charge in [0.05, 0.1) is 0 Å². The Morgan fingerprint density at radius 2 is 1.76 bits per heavy atom. The molecule has 25 heavy (non-hydrogen) atoms. The third-order valence-electron chi connectivity index (χ3n) is 3.69. The molecule has 2 aromatic rings. The Hall–Kier alpha value is -2.37. The van der Waals surface area contributed by atoms with Crippen LogP contribution in [0, 0.1) is 0 Å². The number of hydrogen-bond acceptors (Lipinski definition) is 3. The fourth-order valence-corrected chi connectivity index (χ4v) is 2.37. The molecular formula is C19H22ClN3O2. The van der Waals surface area contributed by atoms with Crippen LogP contribution in [-0.4, -0.2) is 24.4 Å². The van der Waals surface area contributed by atoms with E-state index in [4.69, 9.17) is 11.6 Å². The number of nitrogens with one attached hydrogen (secondary N) is 3. The summed E-state index contributed by atoms with van der Waals surface area (Å²) in [4.78, 5) is 24.6. The highest BCUT2D eigenvalue weighted by Crippen LogP contribution is 2.15. The van der Waals surface area contributed by atoms with Crippen molar-refractivity contribution >= 4 is 29.1 Å². The Morgan fingerprint density at radius 3 is 2.44 bits per heavy atom. The molecule has 0 aromatic heterocycles. The molecule has 0 radical (unpaired) electrons. The molecular weight excluding hydrogens is 338 g/mol. The predicted molar refractivity (Wildman–Crippen MR) is 101 cm³/mol. The summed E-state index contributed by atoms with van der Waals surface area (Å²) in [5.74, 6) is -0.591. The maximum atomic E-state index is 12.4. The number of carbonyl (C=O) groups excluding carboxylic acids is 2. The van der Waals surface area contributed by atoms with Gasteiger partial charge in [0, 0.05) is 22.8 Å². The van der Waals surface area contributed by atoms with Crippen molar-refractivity contribution in [1.82, 2.24) is 10.6 Å². The predicted octanol–water partition coefficient (Wildman–Crippen LogP) is 3.21. The molecule has 2 amide bonds. The van der Waals surface area contributed by atoms with Gasteiger partial charge in [-0.05, 0) is 49.4 Å². The Kier molecular flexibility index (Phi) is 6.98. The zero-order valence-corrected chi connectivity index (χ0v) is 15.1. The largest absolute Gasteiger partial charge is 0.341 e. The van der Waals surface area contributed by atoms with Gasteiger partial charge in [0.2, 0.25) is 5.91 Å². The highest BCUT2D eigenvalue weighted by molar-refractivity contribution is 6.30. The first-order valence-electron chi connectivity index (χ1n) is 8.17. The monoisotopic (exact) mass is 359 g/mol. The summed E-state index contributed by atoms with van der Waals surface area (Å²) < 4.78 is 0. The Bertz CT molecular complexity index is 732. The van der Waals surface area contributed by atoms with E-state index in [9.17, 15) is 9.59 Å². The van der Waals surface area contributed by atoms with Crippen LogP contribution in [0.4, 0.5) is 5.69 Å². The summed E-state index contributed by atoms with van der Waals surface area (Å²) >= 11 is 5.81. The van der Waals surface area contributed by atoms with Gasteiger partial charge in [0.25, 0.3) is 5.91 Å². The fourth-order valence-electron chi connectivity index (χ4n) is 2.24. The van der Waals surface area contributed by atoms with E-state index in [1.807, 2.05) is 31.2 Å². The molecule has 0 heterocycles. The molecule has 0 saturated heterocycles. The van der Waals surface area contributed by atoms with E-state index >= 15 is 0 Å². The maximum absolute atomic E-state index is 12.4. The van der Waals surface area contributed by atoms with Crippen LogP contribution in [0.25, 0.3) is 0 Å². The van der Waals surface area contributed by atoms with Gasteiger partial charge in [-0.3, -0.25) is 9.59 Å². The lowest BCUT2D eigenvalue weighted by atomic mass is 10.1. The molecule has 3 N–H and O–H groups in total. The first kappa shape index (κ1) is 19.0. The summed E-state index contributed by atoms with van der Waals surface area (Å²) in [7, 11) is 0. The van der Waals surface area contributed by atoms with E-state index in [0.29, 0.717) is 17.1 Å². The minimum atomic E-state index is -0.671. The summed E-state index contributed by atoms with van der Waals surface area (Å²) in [6, 6.07) is 13.4. The molecule has 1 unspecified atom stereocenters. The molecule has 0 aliphatic rings. The number of halogens is 1. The van der Waals surface area contributed by atoms with Crippen molar-refractivity contribution in [2.45, 2.75) is 26.4 Å². The Labute approximate surface area is 152 Å². The standard InChI is InChI=1S/C19H22ClN3O2/c1-3-21-12-15-6-4-5-7-17(15)23-18(24)13(2)22-19(25)14-8-10-16(20)11-9-14/h4-11,13,21H,3,12H2,1-2H3,(H,22,25)(H,23,24). The first-order valence-corrected chi connectivity index (χ1v) is 8.55. The average Bonchev–Trinajstić information content (AvgIpc) is 2.61. The van der Waals surface area contributed by atoms with Crippen molar-refractivity contribution in [2.75, 3.05) is 11.9 Å². The van der Waals surface area contributed by atoms with Crippen molar-refractivity contribution < 1.29 is 9.59 Å². The van der Waals surface area contributed by atoms with Gasteiger partial charge in [-0.2, -0.15) is 0 Å². The van der Waals surface area contributed by atoms with Crippen molar-refractivity contribution in [3.8, 4) is 0 Å². The van der Waals surface area contributed by atoms with Crippen LogP contribution in [0.15, 0.2) is 48.5 Å². The topological polar surface area (TPSA) is 70.2 Å². The molecule has 1 atom stereocenters. The van der Waals surface area contributed by atoms with Gasteiger partial charge in [0.1, 0.15) is 6.04 Å². The van der Waals surface area contributed by atoms with E-state index in [1.54, 1.807) is 31.2 Å². The zero-order chi connectivity index (χ0) is 18.2. The lowest BCUT2D eigenvalue weighted by Gasteiger charge is -2.16. The van der Waals surface area contributed by atoms with E-state index in [1.165, 1.54) is 0 Å². The van der Waals surface area contributed by atoms with E-state index in [2.05, 4.69) is 16.0 Å². The SMILES string of the molecule is CCNCc1ccccc1NC(=O)C(C)NC(=O)c1ccc(Cl)cc1. The minimum absolute atomic E-state index is 0.272. The fraction of sp³-hybridized carbons (Fsp3) is 0.263. The third-order valence-corrected chi connectivity index (χ3v) is 3.94. The number of para-hydroxylation sites is 1. The molecule has 0 fully saturated rings. The molecule has 2 rings (SSSR count). The normalized spacial score (nSPS) is 11.6. The van der Waals surface area contributed by atoms with Gasteiger partial charge in [-0.1, -0.05) is 36.7 Å². The molecule has 0 aliphatic carbocycles. The Morgan fingerprint density at radius 1 is 1.08 bits per heavy atom. The molecule has 6 heteroatoms. The quantitative estimate of drug-likeness (QED) is 0.711. The van der Waals surface area contributed by atoms with Crippen LogP contribution in [0.5, 0.6) is 0 Å². The van der Waals surface area contributed by atoms with E-state index < -0.39 is 6.04 Å². The number of carbonyl (C=O) groups is 2. The average molecular weight is 360 g/mol. The smallest absolute Gasteiger partial charge is 0.251 e. The van der Waals surface area contributed by atoms with Gasteiger partial charge in [0.15, 0.2) is 0 Å². The molecule has 0 aliphatic heterocycles. The van der Waals surface area contributed by atoms with E-state index in [0.717, 1.165) is 17.8 Å². The van der Waals surface area contributed by atoms with Gasteiger partial charge in [-0.15, -0.1) is 0 Å². The highest BCUT2D eigenvalue weighted by Gasteiger charge is 2.17. The molecule has 132 valence electrons. The van der Waals surface area contributed by atoms with Gasteiger partial charge >= 0.3 is 0 Å². The first-order chi connectivity index (χ1) is 12.0. The number of benzene rings is 2. The van der Waals surface area contributed by atoms with Gasteiger partial charge in [-0.25, -0.2) is 0 Å².